The zero-order valence-electron chi connectivity index (χ0n) is 20.5. The van der Waals surface area contributed by atoms with E-state index < -0.39 is 0 Å². The second-order valence-corrected chi connectivity index (χ2v) is 10.4. The van der Waals surface area contributed by atoms with Crippen LogP contribution in [-0.2, 0) is 0 Å². The molecule has 4 aromatic rings. The van der Waals surface area contributed by atoms with Gasteiger partial charge in [0.1, 0.15) is 21.2 Å². The van der Waals surface area contributed by atoms with Crippen molar-refractivity contribution in [1.82, 2.24) is 20.2 Å². The van der Waals surface area contributed by atoms with Gasteiger partial charge in [0.15, 0.2) is 0 Å². The number of carbonyl (C=O) groups is 2. The van der Waals surface area contributed by atoms with Gasteiger partial charge in [0.2, 0.25) is 0 Å². The van der Waals surface area contributed by atoms with Crippen LogP contribution in [0.3, 0.4) is 0 Å². The standard InChI is InChI=1S/C27H26N6O3S/c1-16-14-19(36-18-7-10-28-11-8-18)5-6-20(16)33-21-9-12-29-26-22(21)23(31-27(33)35)24(37-26)25(34)30-17-4-3-13-32(2)15-17/h5-12,14,17H,3-4,13,15H2,1-2H3,(H,30,34)(H,31,35). The fourth-order valence-electron chi connectivity index (χ4n) is 5.00. The molecule has 1 atom stereocenters. The molecule has 0 aliphatic carbocycles. The van der Waals surface area contributed by atoms with Crippen LogP contribution >= 0.6 is 11.3 Å². The van der Waals surface area contributed by atoms with Gasteiger partial charge in [-0.1, -0.05) is 0 Å². The molecule has 1 fully saturated rings. The normalized spacial score (nSPS) is 17.5. The number of hydrogen-bond donors (Lipinski definition) is 2. The van der Waals surface area contributed by atoms with Crippen molar-refractivity contribution in [2.24, 2.45) is 0 Å². The summed E-state index contributed by atoms with van der Waals surface area (Å²) in [7, 11) is 2.06. The maximum absolute atomic E-state index is 13.5. The molecule has 3 aromatic heterocycles. The van der Waals surface area contributed by atoms with E-state index in [9.17, 15) is 9.59 Å². The van der Waals surface area contributed by atoms with Gasteiger partial charge in [-0.25, -0.2) is 9.78 Å². The number of anilines is 3. The van der Waals surface area contributed by atoms with E-state index >= 15 is 0 Å². The summed E-state index contributed by atoms with van der Waals surface area (Å²) >= 11 is 1.30. The second-order valence-electron chi connectivity index (χ2n) is 9.39. The van der Waals surface area contributed by atoms with Crippen LogP contribution in [0.2, 0.25) is 0 Å². The van der Waals surface area contributed by atoms with Crippen molar-refractivity contribution in [3.05, 3.63) is 65.4 Å². The number of aromatic nitrogens is 2. The predicted octanol–water partition coefficient (Wildman–Crippen LogP) is 5.30. The number of piperidine rings is 1. The predicted molar refractivity (Wildman–Crippen MR) is 144 cm³/mol. The van der Waals surface area contributed by atoms with Gasteiger partial charge < -0.3 is 20.3 Å². The average molecular weight is 515 g/mol. The van der Waals surface area contributed by atoms with Gasteiger partial charge in [0.25, 0.3) is 5.91 Å². The number of aryl methyl sites for hydroxylation is 1. The molecule has 0 radical (unpaired) electrons. The number of rotatable bonds is 5. The van der Waals surface area contributed by atoms with Crippen LogP contribution in [0.25, 0.3) is 10.2 Å². The maximum Gasteiger partial charge on any atom is 0.331 e. The average Bonchev–Trinajstić information content (AvgIpc) is 3.25. The summed E-state index contributed by atoms with van der Waals surface area (Å²) in [4.78, 5) is 40.3. The Morgan fingerprint density at radius 3 is 2.76 bits per heavy atom. The Morgan fingerprint density at radius 1 is 1.14 bits per heavy atom. The summed E-state index contributed by atoms with van der Waals surface area (Å²) in [5.74, 6) is 1.17. The molecule has 1 unspecified atom stereocenters. The van der Waals surface area contributed by atoms with Crippen LogP contribution < -0.4 is 20.3 Å². The van der Waals surface area contributed by atoms with E-state index in [0.29, 0.717) is 32.6 Å². The van der Waals surface area contributed by atoms with Crippen molar-refractivity contribution in [3.8, 4) is 11.5 Å². The van der Waals surface area contributed by atoms with E-state index in [1.54, 1.807) is 35.6 Å². The van der Waals surface area contributed by atoms with E-state index in [1.807, 2.05) is 31.2 Å². The fraction of sp³-hybridized carbons (Fsp3) is 0.259. The molecule has 2 N–H and O–H groups in total. The SMILES string of the molecule is Cc1cc(Oc2ccncc2)ccc1N1C(=O)Nc2c(C(=O)NC3CCCN(C)C3)sc3nccc1c23. The molecule has 10 heteroatoms. The van der Waals surface area contributed by atoms with E-state index in [2.05, 4.69) is 32.5 Å². The first kappa shape index (κ1) is 23.4. The number of ether oxygens (including phenoxy) is 1. The number of likely N-dealkylation sites (tertiary alicyclic amines) is 1. The molecular weight excluding hydrogens is 488 g/mol. The molecule has 37 heavy (non-hydrogen) atoms. The molecule has 2 aliphatic rings. The number of hydrogen-bond acceptors (Lipinski definition) is 7. The molecule has 5 heterocycles. The largest absolute Gasteiger partial charge is 0.457 e. The number of carbonyl (C=O) groups excluding carboxylic acids is 2. The van der Waals surface area contributed by atoms with Gasteiger partial charge in [0.05, 0.1) is 22.4 Å². The number of nitrogens with zero attached hydrogens (tertiary/aromatic N) is 4. The van der Waals surface area contributed by atoms with Gasteiger partial charge >= 0.3 is 6.03 Å². The van der Waals surface area contributed by atoms with Crippen molar-refractivity contribution in [2.45, 2.75) is 25.8 Å². The lowest BCUT2D eigenvalue weighted by Gasteiger charge is -2.31. The van der Waals surface area contributed by atoms with Crippen molar-refractivity contribution in [3.63, 3.8) is 0 Å². The summed E-state index contributed by atoms with van der Waals surface area (Å²) in [5.41, 5.74) is 2.81. The van der Waals surface area contributed by atoms with Crippen molar-refractivity contribution in [2.75, 3.05) is 30.4 Å². The van der Waals surface area contributed by atoms with Gasteiger partial charge in [-0.3, -0.25) is 14.7 Å². The summed E-state index contributed by atoms with van der Waals surface area (Å²) in [6, 6.07) is 10.7. The third kappa shape index (κ3) is 4.38. The number of thiophene rings is 1. The first-order valence-electron chi connectivity index (χ1n) is 12.2. The number of likely N-dealkylation sites (N-methyl/N-ethyl adjacent to an activating group) is 1. The second kappa shape index (κ2) is 9.45. The summed E-state index contributed by atoms with van der Waals surface area (Å²) < 4.78 is 5.93. The number of amides is 3. The van der Waals surface area contributed by atoms with Gasteiger partial charge in [-0.15, -0.1) is 11.3 Å². The summed E-state index contributed by atoms with van der Waals surface area (Å²) in [6.07, 6.45) is 7.01. The van der Waals surface area contributed by atoms with Crippen LogP contribution in [0.1, 0.15) is 28.1 Å². The molecular formula is C27H26N6O3S. The van der Waals surface area contributed by atoms with Crippen LogP contribution in [0.15, 0.2) is 55.0 Å². The molecule has 1 saturated heterocycles. The third-order valence-corrected chi connectivity index (χ3v) is 7.80. The minimum Gasteiger partial charge on any atom is -0.457 e. The maximum atomic E-state index is 13.5. The number of pyridine rings is 2. The molecule has 9 nitrogen and oxygen atoms in total. The topological polar surface area (TPSA) is 99.7 Å². The third-order valence-electron chi connectivity index (χ3n) is 6.71. The molecule has 1 aromatic carbocycles. The highest BCUT2D eigenvalue weighted by molar-refractivity contribution is 7.21. The van der Waals surface area contributed by atoms with Crippen LogP contribution in [-0.4, -0.2) is 53.0 Å². The van der Waals surface area contributed by atoms with Crippen molar-refractivity contribution >= 4 is 50.6 Å². The number of benzene rings is 1. The van der Waals surface area contributed by atoms with E-state index in [4.69, 9.17) is 4.74 Å². The molecule has 0 spiro atoms. The van der Waals surface area contributed by atoms with Crippen LogP contribution in [0, 0.1) is 6.92 Å². The lowest BCUT2D eigenvalue weighted by molar-refractivity contribution is 0.0917. The molecule has 2 aliphatic heterocycles. The van der Waals surface area contributed by atoms with E-state index in [1.165, 1.54) is 11.3 Å². The molecule has 188 valence electrons. The zero-order valence-corrected chi connectivity index (χ0v) is 21.3. The fourth-order valence-corrected chi connectivity index (χ4v) is 6.03. The lowest BCUT2D eigenvalue weighted by atomic mass is 10.1. The molecule has 0 saturated carbocycles. The smallest absolute Gasteiger partial charge is 0.331 e. The first-order valence-corrected chi connectivity index (χ1v) is 13.0. The monoisotopic (exact) mass is 514 g/mol. The van der Waals surface area contributed by atoms with Crippen LogP contribution in [0.4, 0.5) is 21.9 Å². The molecule has 3 amide bonds. The highest BCUT2D eigenvalue weighted by Crippen LogP contribution is 2.46. The van der Waals surface area contributed by atoms with Crippen molar-refractivity contribution < 1.29 is 14.3 Å². The lowest BCUT2D eigenvalue weighted by Crippen LogP contribution is -2.46. The van der Waals surface area contributed by atoms with Gasteiger partial charge in [-0.05, 0) is 75.3 Å². The Bertz CT molecular complexity index is 1510. The Kier molecular flexibility index (Phi) is 5.97. The van der Waals surface area contributed by atoms with Crippen LogP contribution in [0.5, 0.6) is 11.5 Å². The Balaban J connectivity index is 1.33. The van der Waals surface area contributed by atoms with Gasteiger partial charge in [0, 0.05) is 31.2 Å². The van der Waals surface area contributed by atoms with E-state index in [0.717, 1.165) is 42.6 Å². The Labute approximate surface area is 218 Å². The zero-order chi connectivity index (χ0) is 25.5. The van der Waals surface area contributed by atoms with Gasteiger partial charge in [-0.2, -0.15) is 0 Å². The Morgan fingerprint density at radius 2 is 1.97 bits per heavy atom. The highest BCUT2D eigenvalue weighted by atomic mass is 32.1. The number of urea groups is 1. The number of nitrogens with one attached hydrogen (secondary N) is 2. The molecule has 0 bridgehead atoms. The minimum atomic E-state index is -0.323. The quantitative estimate of drug-likeness (QED) is 0.375. The Hall–Kier alpha value is -4.02. The first-order chi connectivity index (χ1) is 18.0. The minimum absolute atomic E-state index is 0.0856. The summed E-state index contributed by atoms with van der Waals surface area (Å²) in [5, 5.41) is 6.91. The van der Waals surface area contributed by atoms with E-state index in [-0.39, 0.29) is 18.0 Å². The molecule has 6 rings (SSSR count). The highest BCUT2D eigenvalue weighted by Gasteiger charge is 2.34. The summed E-state index contributed by atoms with van der Waals surface area (Å²) in [6.45, 7) is 3.79. The van der Waals surface area contributed by atoms with Crippen molar-refractivity contribution in [1.29, 1.82) is 0 Å².